The zero-order chi connectivity index (χ0) is 22.5. The molecule has 4 rings (SSSR count). The maximum absolute atomic E-state index is 6.76. The highest BCUT2D eigenvalue weighted by Crippen LogP contribution is 2.35. The molecule has 0 bridgehead atoms. The molecule has 0 amide bonds. The normalized spacial score (nSPS) is 18.3. The Bertz CT molecular complexity index is 1010. The van der Waals surface area contributed by atoms with Crippen LogP contribution in [0, 0.1) is 0 Å². The van der Waals surface area contributed by atoms with Crippen LogP contribution in [-0.2, 0) is 13.0 Å². The summed E-state index contributed by atoms with van der Waals surface area (Å²) in [5, 5.41) is 0. The van der Waals surface area contributed by atoms with Crippen LogP contribution < -0.4 is 25.8 Å². The van der Waals surface area contributed by atoms with Crippen molar-refractivity contribution in [3.05, 3.63) is 77.7 Å². The molecule has 0 saturated heterocycles. The van der Waals surface area contributed by atoms with Crippen LogP contribution in [0.5, 0.6) is 11.5 Å². The van der Waals surface area contributed by atoms with E-state index in [1.54, 1.807) is 20.4 Å². The minimum Gasteiger partial charge on any atom is -0.497 e. The Morgan fingerprint density at radius 1 is 0.938 bits per heavy atom. The topological polar surface area (TPSA) is 103 Å². The van der Waals surface area contributed by atoms with E-state index >= 15 is 0 Å². The highest BCUT2D eigenvalue weighted by molar-refractivity contribution is 5.51. The second kappa shape index (κ2) is 9.95. The van der Waals surface area contributed by atoms with E-state index in [-0.39, 0.29) is 6.17 Å². The second-order valence-corrected chi connectivity index (χ2v) is 7.82. The quantitative estimate of drug-likeness (QED) is 0.558. The van der Waals surface area contributed by atoms with Crippen molar-refractivity contribution in [1.82, 2.24) is 14.9 Å². The standard InChI is InChI=1S/C24H30N6O2/c1-31-19-13-18(14-20(15-19)32-2)16-30-22(25)21-6-3-9-28-23(21)29(24(30)26)12-4-5-17-7-10-27-11-8-17/h3,6-11,13-15,22,24H,4-5,12,16,25-26H2,1-2H3. The van der Waals surface area contributed by atoms with Gasteiger partial charge in [0.1, 0.15) is 23.6 Å². The number of nitrogens with two attached hydrogens (primary N) is 2. The molecule has 0 fully saturated rings. The SMILES string of the molecule is COc1cc(CN2C(N)c3cccnc3N(CCCc3ccncc3)C2N)cc(OC)c1. The molecule has 168 valence electrons. The molecule has 1 aliphatic heterocycles. The van der Waals surface area contributed by atoms with E-state index in [2.05, 4.69) is 19.8 Å². The van der Waals surface area contributed by atoms with Gasteiger partial charge in [-0.1, -0.05) is 6.07 Å². The first-order valence-corrected chi connectivity index (χ1v) is 10.7. The summed E-state index contributed by atoms with van der Waals surface area (Å²) >= 11 is 0. The summed E-state index contributed by atoms with van der Waals surface area (Å²) < 4.78 is 10.9. The summed E-state index contributed by atoms with van der Waals surface area (Å²) in [4.78, 5) is 12.9. The van der Waals surface area contributed by atoms with Gasteiger partial charge in [-0.2, -0.15) is 0 Å². The monoisotopic (exact) mass is 434 g/mol. The van der Waals surface area contributed by atoms with Crippen molar-refractivity contribution >= 4 is 5.82 Å². The minimum atomic E-state index is -0.415. The van der Waals surface area contributed by atoms with Gasteiger partial charge in [0.05, 0.1) is 20.4 Å². The van der Waals surface area contributed by atoms with E-state index in [9.17, 15) is 0 Å². The maximum Gasteiger partial charge on any atom is 0.137 e. The van der Waals surface area contributed by atoms with Crippen LogP contribution in [0.1, 0.15) is 29.3 Å². The predicted molar refractivity (Wildman–Crippen MR) is 124 cm³/mol. The van der Waals surface area contributed by atoms with Crippen molar-refractivity contribution < 1.29 is 9.47 Å². The number of aryl methyl sites for hydroxylation is 1. The van der Waals surface area contributed by atoms with E-state index in [1.165, 1.54) is 5.56 Å². The van der Waals surface area contributed by atoms with Crippen molar-refractivity contribution in [2.45, 2.75) is 31.8 Å². The number of pyridine rings is 2. The Morgan fingerprint density at radius 3 is 2.34 bits per heavy atom. The van der Waals surface area contributed by atoms with Gasteiger partial charge in [0.25, 0.3) is 0 Å². The lowest BCUT2D eigenvalue weighted by molar-refractivity contribution is 0.112. The first kappa shape index (κ1) is 22.0. The molecule has 0 radical (unpaired) electrons. The summed E-state index contributed by atoms with van der Waals surface area (Å²) in [5.74, 6) is 2.31. The predicted octanol–water partition coefficient (Wildman–Crippen LogP) is 2.65. The van der Waals surface area contributed by atoms with Gasteiger partial charge in [0.2, 0.25) is 0 Å². The molecule has 1 aromatic carbocycles. The molecule has 3 aromatic rings. The van der Waals surface area contributed by atoms with Gasteiger partial charge >= 0.3 is 0 Å². The third-order valence-corrected chi connectivity index (χ3v) is 5.81. The molecule has 0 saturated carbocycles. The molecule has 32 heavy (non-hydrogen) atoms. The Labute approximate surface area is 188 Å². The van der Waals surface area contributed by atoms with Crippen molar-refractivity contribution in [3.63, 3.8) is 0 Å². The first-order chi connectivity index (χ1) is 15.6. The molecule has 2 atom stereocenters. The first-order valence-electron chi connectivity index (χ1n) is 10.7. The fourth-order valence-corrected chi connectivity index (χ4v) is 4.13. The van der Waals surface area contributed by atoms with Crippen LogP contribution in [-0.4, -0.2) is 41.9 Å². The van der Waals surface area contributed by atoms with Crippen molar-refractivity contribution in [2.24, 2.45) is 11.5 Å². The second-order valence-electron chi connectivity index (χ2n) is 7.82. The van der Waals surface area contributed by atoms with Gasteiger partial charge in [-0.3, -0.25) is 10.7 Å². The lowest BCUT2D eigenvalue weighted by atomic mass is 10.1. The lowest BCUT2D eigenvalue weighted by Gasteiger charge is -2.46. The van der Waals surface area contributed by atoms with Gasteiger partial charge in [-0.25, -0.2) is 9.88 Å². The zero-order valence-corrected chi connectivity index (χ0v) is 18.5. The molecule has 2 aromatic heterocycles. The highest BCUT2D eigenvalue weighted by Gasteiger charge is 2.36. The zero-order valence-electron chi connectivity index (χ0n) is 18.5. The third kappa shape index (κ3) is 4.67. The van der Waals surface area contributed by atoms with Crippen LogP contribution in [0.25, 0.3) is 0 Å². The van der Waals surface area contributed by atoms with E-state index in [4.69, 9.17) is 20.9 Å². The Morgan fingerprint density at radius 2 is 1.66 bits per heavy atom. The number of anilines is 1. The number of hydrogen-bond acceptors (Lipinski definition) is 8. The van der Waals surface area contributed by atoms with Crippen LogP contribution in [0.15, 0.2) is 61.1 Å². The summed E-state index contributed by atoms with van der Waals surface area (Å²) in [6.07, 6.45) is 6.52. The summed E-state index contributed by atoms with van der Waals surface area (Å²) in [6.45, 7) is 1.31. The molecular weight excluding hydrogens is 404 g/mol. The molecule has 2 unspecified atom stereocenters. The Kier molecular flexibility index (Phi) is 6.84. The minimum absolute atomic E-state index is 0.373. The third-order valence-electron chi connectivity index (χ3n) is 5.81. The van der Waals surface area contributed by atoms with Crippen LogP contribution in [0.3, 0.4) is 0 Å². The average Bonchev–Trinajstić information content (AvgIpc) is 2.84. The Hall–Kier alpha value is -3.20. The van der Waals surface area contributed by atoms with E-state index in [0.29, 0.717) is 6.54 Å². The molecule has 8 heteroatoms. The van der Waals surface area contributed by atoms with Crippen LogP contribution in [0.4, 0.5) is 5.82 Å². The largest absolute Gasteiger partial charge is 0.497 e. The van der Waals surface area contributed by atoms with E-state index < -0.39 is 6.29 Å². The lowest BCUT2D eigenvalue weighted by Crippen LogP contribution is -2.60. The summed E-state index contributed by atoms with van der Waals surface area (Å²) in [6, 6.07) is 13.8. The number of ether oxygens (including phenoxy) is 2. The van der Waals surface area contributed by atoms with Gasteiger partial charge in [0.15, 0.2) is 0 Å². The molecule has 0 aliphatic carbocycles. The molecule has 3 heterocycles. The van der Waals surface area contributed by atoms with Gasteiger partial charge < -0.3 is 20.1 Å². The smallest absolute Gasteiger partial charge is 0.137 e. The molecule has 1 aliphatic rings. The maximum atomic E-state index is 6.76. The number of benzene rings is 1. The van der Waals surface area contributed by atoms with Crippen LogP contribution >= 0.6 is 0 Å². The number of rotatable bonds is 8. The fourth-order valence-electron chi connectivity index (χ4n) is 4.13. The number of hydrogen-bond donors (Lipinski definition) is 2. The number of methoxy groups -OCH3 is 2. The van der Waals surface area contributed by atoms with Gasteiger partial charge in [-0.05, 0) is 54.3 Å². The number of nitrogens with zero attached hydrogens (tertiary/aromatic N) is 4. The van der Waals surface area contributed by atoms with Crippen molar-refractivity contribution in [2.75, 3.05) is 25.7 Å². The van der Waals surface area contributed by atoms with Gasteiger partial charge in [-0.15, -0.1) is 0 Å². The molecule has 4 N–H and O–H groups in total. The summed E-state index contributed by atoms with van der Waals surface area (Å²) in [7, 11) is 3.28. The van der Waals surface area contributed by atoms with E-state index in [0.717, 1.165) is 47.8 Å². The molecule has 0 spiro atoms. The molecular formula is C24H30N6O2. The van der Waals surface area contributed by atoms with Crippen molar-refractivity contribution in [3.8, 4) is 11.5 Å². The van der Waals surface area contributed by atoms with E-state index in [1.807, 2.05) is 54.9 Å². The van der Waals surface area contributed by atoms with Crippen molar-refractivity contribution in [1.29, 1.82) is 0 Å². The fraction of sp³-hybridized carbons (Fsp3) is 0.333. The average molecular weight is 435 g/mol. The Balaban J connectivity index is 1.57. The number of aromatic nitrogens is 2. The molecule has 8 nitrogen and oxygen atoms in total. The van der Waals surface area contributed by atoms with Gasteiger partial charge in [0, 0.05) is 43.3 Å². The number of fused-ring (bicyclic) bond motifs is 1. The summed E-state index contributed by atoms with van der Waals surface area (Å²) in [5.41, 5.74) is 16.6. The van der Waals surface area contributed by atoms with Crippen LogP contribution in [0.2, 0.25) is 0 Å². The highest BCUT2D eigenvalue weighted by atomic mass is 16.5.